The molecule has 2 rings (SSSR count). The van der Waals surface area contributed by atoms with Gasteiger partial charge in [0.05, 0.1) is 4.90 Å². The van der Waals surface area contributed by atoms with Crippen LogP contribution in [0.3, 0.4) is 0 Å². The molecule has 1 saturated heterocycles. The molecule has 1 heterocycles. The summed E-state index contributed by atoms with van der Waals surface area (Å²) in [5.74, 6) is 0. The van der Waals surface area contributed by atoms with Crippen LogP contribution in [0.2, 0.25) is 0 Å². The maximum absolute atomic E-state index is 12.7. The third-order valence-electron chi connectivity index (χ3n) is 3.94. The Labute approximate surface area is 122 Å². The molecule has 0 radical (unpaired) electrons. The van der Waals surface area contributed by atoms with Gasteiger partial charge in [0.25, 0.3) is 0 Å². The van der Waals surface area contributed by atoms with Crippen LogP contribution in [0.15, 0.2) is 17.0 Å². The second-order valence-corrected chi connectivity index (χ2v) is 7.49. The SMILES string of the molecule is Cc1cc(C)c(S(=O)(=O)NC2CCCNC2C)c(C)c1. The van der Waals surface area contributed by atoms with Gasteiger partial charge in [0.1, 0.15) is 0 Å². The average Bonchev–Trinajstić information content (AvgIpc) is 2.30. The molecule has 2 atom stereocenters. The molecule has 0 spiro atoms. The summed E-state index contributed by atoms with van der Waals surface area (Å²) in [6.45, 7) is 8.69. The van der Waals surface area contributed by atoms with Crippen LogP contribution >= 0.6 is 0 Å². The molecule has 4 nitrogen and oxygen atoms in total. The Bertz CT molecular complexity index is 573. The quantitative estimate of drug-likeness (QED) is 0.897. The number of rotatable bonds is 3. The molecular formula is C15H24N2O2S. The van der Waals surface area contributed by atoms with E-state index in [1.54, 1.807) is 0 Å². The van der Waals surface area contributed by atoms with Gasteiger partial charge in [-0.2, -0.15) is 0 Å². The van der Waals surface area contributed by atoms with Crippen LogP contribution in [0.25, 0.3) is 0 Å². The van der Waals surface area contributed by atoms with Crippen molar-refractivity contribution < 1.29 is 8.42 Å². The second-order valence-electron chi connectivity index (χ2n) is 5.84. The summed E-state index contributed by atoms with van der Waals surface area (Å²) in [4.78, 5) is 0.431. The minimum atomic E-state index is -3.46. The van der Waals surface area contributed by atoms with Gasteiger partial charge < -0.3 is 5.32 Å². The molecular weight excluding hydrogens is 272 g/mol. The van der Waals surface area contributed by atoms with Gasteiger partial charge in [-0.1, -0.05) is 17.7 Å². The Morgan fingerprint density at radius 3 is 2.35 bits per heavy atom. The lowest BCUT2D eigenvalue weighted by Gasteiger charge is -2.30. The van der Waals surface area contributed by atoms with Gasteiger partial charge >= 0.3 is 0 Å². The van der Waals surface area contributed by atoms with E-state index < -0.39 is 10.0 Å². The summed E-state index contributed by atoms with van der Waals surface area (Å²) in [6.07, 6.45) is 1.89. The van der Waals surface area contributed by atoms with Crippen LogP contribution in [0.1, 0.15) is 36.5 Å². The molecule has 1 fully saturated rings. The zero-order valence-corrected chi connectivity index (χ0v) is 13.5. The van der Waals surface area contributed by atoms with E-state index in [0.717, 1.165) is 36.1 Å². The van der Waals surface area contributed by atoms with E-state index in [0.29, 0.717) is 4.90 Å². The number of piperidine rings is 1. The fourth-order valence-corrected chi connectivity index (χ4v) is 4.86. The summed E-state index contributed by atoms with van der Waals surface area (Å²) in [6, 6.07) is 3.98. The average molecular weight is 296 g/mol. The molecule has 1 aliphatic heterocycles. The third-order valence-corrected chi connectivity index (χ3v) is 5.74. The van der Waals surface area contributed by atoms with Gasteiger partial charge in [-0.05, 0) is 58.2 Å². The monoisotopic (exact) mass is 296 g/mol. The van der Waals surface area contributed by atoms with Crippen molar-refractivity contribution in [3.63, 3.8) is 0 Å². The maximum Gasteiger partial charge on any atom is 0.241 e. The van der Waals surface area contributed by atoms with Gasteiger partial charge in [0.2, 0.25) is 10.0 Å². The first-order valence-electron chi connectivity index (χ1n) is 7.15. The molecule has 2 unspecified atom stereocenters. The third kappa shape index (κ3) is 3.22. The van der Waals surface area contributed by atoms with Crippen molar-refractivity contribution in [2.75, 3.05) is 6.54 Å². The lowest BCUT2D eigenvalue weighted by molar-refractivity contribution is 0.348. The molecule has 0 amide bonds. The molecule has 0 aromatic heterocycles. The van der Waals surface area contributed by atoms with Gasteiger partial charge in [-0.15, -0.1) is 0 Å². The highest BCUT2D eigenvalue weighted by Crippen LogP contribution is 2.23. The Morgan fingerprint density at radius 1 is 1.20 bits per heavy atom. The van der Waals surface area contributed by atoms with Crippen LogP contribution in [0.4, 0.5) is 0 Å². The number of aryl methyl sites for hydroxylation is 3. The molecule has 0 bridgehead atoms. The first kappa shape index (κ1) is 15.5. The van der Waals surface area contributed by atoms with E-state index >= 15 is 0 Å². The van der Waals surface area contributed by atoms with Crippen LogP contribution in [0.5, 0.6) is 0 Å². The van der Waals surface area contributed by atoms with Gasteiger partial charge in [-0.25, -0.2) is 13.1 Å². The number of benzene rings is 1. The normalized spacial score (nSPS) is 23.8. The summed E-state index contributed by atoms with van der Waals surface area (Å²) in [5, 5.41) is 3.32. The Kier molecular flexibility index (Phi) is 4.52. The fourth-order valence-electron chi connectivity index (χ4n) is 3.05. The summed E-state index contributed by atoms with van der Waals surface area (Å²) in [5.41, 5.74) is 2.71. The van der Waals surface area contributed by atoms with E-state index in [4.69, 9.17) is 0 Å². The molecule has 0 saturated carbocycles. The molecule has 112 valence electrons. The van der Waals surface area contributed by atoms with Crippen molar-refractivity contribution in [2.24, 2.45) is 0 Å². The Hall–Kier alpha value is -0.910. The van der Waals surface area contributed by atoms with E-state index in [-0.39, 0.29) is 12.1 Å². The minimum absolute atomic E-state index is 0.0335. The number of nitrogens with one attached hydrogen (secondary N) is 2. The van der Waals surface area contributed by atoms with E-state index in [2.05, 4.69) is 10.0 Å². The van der Waals surface area contributed by atoms with Gasteiger partial charge in [0.15, 0.2) is 0 Å². The first-order chi connectivity index (χ1) is 9.31. The van der Waals surface area contributed by atoms with Crippen molar-refractivity contribution in [3.8, 4) is 0 Å². The summed E-state index contributed by atoms with van der Waals surface area (Å²) >= 11 is 0. The van der Waals surface area contributed by atoms with Crippen molar-refractivity contribution >= 4 is 10.0 Å². The molecule has 5 heteroatoms. The van der Waals surface area contributed by atoms with E-state index in [1.165, 1.54) is 0 Å². The molecule has 1 aromatic rings. The number of sulfonamides is 1. The highest BCUT2D eigenvalue weighted by atomic mass is 32.2. The van der Waals surface area contributed by atoms with E-state index in [1.807, 2.05) is 39.8 Å². The van der Waals surface area contributed by atoms with Crippen molar-refractivity contribution in [1.82, 2.24) is 10.0 Å². The lowest BCUT2D eigenvalue weighted by Crippen LogP contribution is -2.51. The highest BCUT2D eigenvalue weighted by Gasteiger charge is 2.28. The Morgan fingerprint density at radius 2 is 1.80 bits per heavy atom. The zero-order chi connectivity index (χ0) is 14.9. The lowest BCUT2D eigenvalue weighted by atomic mass is 10.0. The number of hydrogen-bond acceptors (Lipinski definition) is 3. The van der Waals surface area contributed by atoms with Crippen molar-refractivity contribution in [1.29, 1.82) is 0 Å². The topological polar surface area (TPSA) is 58.2 Å². The summed E-state index contributed by atoms with van der Waals surface area (Å²) < 4.78 is 28.2. The smallest absolute Gasteiger partial charge is 0.241 e. The zero-order valence-electron chi connectivity index (χ0n) is 12.7. The first-order valence-corrected chi connectivity index (χ1v) is 8.63. The van der Waals surface area contributed by atoms with Crippen LogP contribution in [0, 0.1) is 20.8 Å². The van der Waals surface area contributed by atoms with Crippen molar-refractivity contribution in [2.45, 2.75) is 57.5 Å². The predicted octanol–water partition coefficient (Wildman–Crippen LogP) is 2.03. The van der Waals surface area contributed by atoms with Gasteiger partial charge in [-0.3, -0.25) is 0 Å². The highest BCUT2D eigenvalue weighted by molar-refractivity contribution is 7.89. The molecule has 20 heavy (non-hydrogen) atoms. The standard InChI is InChI=1S/C15H24N2O2S/c1-10-8-11(2)15(12(3)9-10)20(18,19)17-14-6-5-7-16-13(14)4/h8-9,13-14,16-17H,5-7H2,1-4H3. The maximum atomic E-state index is 12.7. The summed E-state index contributed by atoms with van der Waals surface area (Å²) in [7, 11) is -3.46. The molecule has 2 N–H and O–H groups in total. The van der Waals surface area contributed by atoms with Crippen LogP contribution in [-0.4, -0.2) is 27.0 Å². The predicted molar refractivity (Wildman–Crippen MR) is 81.5 cm³/mol. The molecule has 1 aliphatic rings. The van der Waals surface area contributed by atoms with Crippen LogP contribution < -0.4 is 10.0 Å². The van der Waals surface area contributed by atoms with Gasteiger partial charge in [0, 0.05) is 12.1 Å². The largest absolute Gasteiger partial charge is 0.313 e. The Balaban J connectivity index is 2.31. The minimum Gasteiger partial charge on any atom is -0.313 e. The van der Waals surface area contributed by atoms with Crippen LogP contribution in [-0.2, 0) is 10.0 Å². The fraction of sp³-hybridized carbons (Fsp3) is 0.600. The van der Waals surface area contributed by atoms with E-state index in [9.17, 15) is 8.42 Å². The van der Waals surface area contributed by atoms with Crippen molar-refractivity contribution in [3.05, 3.63) is 28.8 Å². The molecule has 0 aliphatic carbocycles. The second kappa shape index (κ2) is 5.84. The molecule has 1 aromatic carbocycles. The number of hydrogen-bond donors (Lipinski definition) is 2.